The highest BCUT2D eigenvalue weighted by molar-refractivity contribution is 7.11. The summed E-state index contributed by atoms with van der Waals surface area (Å²) in [6.07, 6.45) is 2.95. The van der Waals surface area contributed by atoms with Crippen LogP contribution in [0.25, 0.3) is 0 Å². The molecule has 1 aromatic rings. The van der Waals surface area contributed by atoms with Gasteiger partial charge in [0, 0.05) is 0 Å². The van der Waals surface area contributed by atoms with Crippen LogP contribution < -0.4 is 5.32 Å². The fourth-order valence-electron chi connectivity index (χ4n) is 0.440. The molecular weight excluding hydrogens is 150 g/mol. The summed E-state index contributed by atoms with van der Waals surface area (Å²) in [6, 6.07) is 0. The molecule has 50 valence electrons. The van der Waals surface area contributed by atoms with Gasteiger partial charge >= 0.3 is 0 Å². The number of hydrogen-bond acceptors (Lipinski definition) is 4. The smallest absolute Gasteiger partial charge is 0.267 e. The number of nitrogens with zero attached hydrogens (tertiary/aromatic N) is 2. The van der Waals surface area contributed by atoms with Crippen molar-refractivity contribution in [2.75, 3.05) is 0 Å². The van der Waals surface area contributed by atoms with Crippen molar-refractivity contribution < 1.29 is 4.79 Å². The molecule has 0 bridgehead atoms. The number of nitrogens with one attached hydrogen (secondary N) is 1. The summed E-state index contributed by atoms with van der Waals surface area (Å²) in [5, 5.41) is 10.0. The highest BCUT2D eigenvalue weighted by Crippen LogP contribution is 2.03. The van der Waals surface area contributed by atoms with Crippen LogP contribution in [0.3, 0.4) is 0 Å². The number of carbonyl (C=O) groups excluding carboxylic acids is 1. The molecule has 1 aromatic heterocycles. The second kappa shape index (κ2) is 2.94. The Morgan fingerprint density at radius 1 is 1.90 bits per heavy atom. The second-order valence-electron chi connectivity index (χ2n) is 1.43. The van der Waals surface area contributed by atoms with Crippen LogP contribution in [0.2, 0.25) is 0 Å². The van der Waals surface area contributed by atoms with Crippen molar-refractivity contribution >= 4 is 17.2 Å². The zero-order valence-corrected chi connectivity index (χ0v) is 5.68. The van der Waals surface area contributed by atoms with Gasteiger partial charge in [-0.2, -0.15) is 5.26 Å². The first-order valence-corrected chi connectivity index (χ1v) is 3.30. The Hall–Kier alpha value is -1.41. The van der Waals surface area contributed by atoms with E-state index in [1.807, 2.05) is 5.32 Å². The Morgan fingerprint density at radius 2 is 2.70 bits per heavy atom. The monoisotopic (exact) mass is 153 g/mol. The minimum atomic E-state index is -0.398. The predicted molar refractivity (Wildman–Crippen MR) is 35.2 cm³/mol. The molecule has 5 heteroatoms. The zero-order chi connectivity index (χ0) is 7.40. The molecule has 1 heterocycles. The SMILES string of the molecule is N#CNC(=O)c1cncs1. The van der Waals surface area contributed by atoms with Crippen molar-refractivity contribution in [3.63, 3.8) is 0 Å². The highest BCUT2D eigenvalue weighted by atomic mass is 32.1. The lowest BCUT2D eigenvalue weighted by atomic mass is 10.5. The molecule has 0 saturated heterocycles. The van der Waals surface area contributed by atoms with Gasteiger partial charge in [0.1, 0.15) is 4.88 Å². The van der Waals surface area contributed by atoms with Gasteiger partial charge in [-0.1, -0.05) is 0 Å². The fourth-order valence-corrected chi connectivity index (χ4v) is 0.955. The average molecular weight is 153 g/mol. The van der Waals surface area contributed by atoms with Gasteiger partial charge in [0.05, 0.1) is 11.7 Å². The van der Waals surface area contributed by atoms with Crippen molar-refractivity contribution in [2.24, 2.45) is 0 Å². The van der Waals surface area contributed by atoms with Gasteiger partial charge in [0.15, 0.2) is 6.19 Å². The van der Waals surface area contributed by atoms with Crippen LogP contribution >= 0.6 is 11.3 Å². The summed E-state index contributed by atoms with van der Waals surface area (Å²) in [7, 11) is 0. The molecule has 0 radical (unpaired) electrons. The van der Waals surface area contributed by atoms with Crippen LogP contribution in [0.5, 0.6) is 0 Å². The number of nitriles is 1. The van der Waals surface area contributed by atoms with Gasteiger partial charge < -0.3 is 0 Å². The summed E-state index contributed by atoms with van der Waals surface area (Å²) < 4.78 is 0. The van der Waals surface area contributed by atoms with E-state index < -0.39 is 5.91 Å². The molecule has 0 spiro atoms. The lowest BCUT2D eigenvalue weighted by Crippen LogP contribution is -2.15. The Balaban J connectivity index is 2.71. The molecule has 4 nitrogen and oxygen atoms in total. The van der Waals surface area contributed by atoms with Crippen LogP contribution in [0.15, 0.2) is 11.7 Å². The minimum Gasteiger partial charge on any atom is -0.267 e. The van der Waals surface area contributed by atoms with E-state index in [0.717, 1.165) is 0 Å². The lowest BCUT2D eigenvalue weighted by Gasteiger charge is -1.86. The first kappa shape index (κ1) is 6.71. The van der Waals surface area contributed by atoms with Gasteiger partial charge in [-0.05, 0) is 0 Å². The van der Waals surface area contributed by atoms with E-state index in [9.17, 15) is 4.79 Å². The van der Waals surface area contributed by atoms with Gasteiger partial charge in [0.2, 0.25) is 0 Å². The third kappa shape index (κ3) is 1.30. The maximum Gasteiger partial charge on any atom is 0.275 e. The number of thiazole rings is 1. The maximum atomic E-state index is 10.7. The second-order valence-corrected chi connectivity index (χ2v) is 2.32. The average Bonchev–Trinajstić information content (AvgIpc) is 2.38. The molecule has 0 saturated carbocycles. The molecule has 1 N–H and O–H groups in total. The van der Waals surface area contributed by atoms with E-state index in [-0.39, 0.29) is 0 Å². The molecular formula is C5H3N3OS. The fraction of sp³-hybridized carbons (Fsp3) is 0. The molecule has 0 unspecified atom stereocenters. The van der Waals surface area contributed by atoms with Crippen molar-refractivity contribution in [3.8, 4) is 6.19 Å². The van der Waals surface area contributed by atoms with Gasteiger partial charge in [-0.15, -0.1) is 11.3 Å². The Kier molecular flexibility index (Phi) is 1.97. The molecule has 1 rings (SSSR count). The Bertz CT molecular complexity index is 261. The van der Waals surface area contributed by atoms with Gasteiger partial charge in [-0.3, -0.25) is 15.1 Å². The standard InChI is InChI=1S/C5H3N3OS/c6-2-8-5(9)4-1-7-3-10-4/h1,3H,(H,8,9). The quantitative estimate of drug-likeness (QED) is 0.467. The van der Waals surface area contributed by atoms with E-state index in [4.69, 9.17) is 5.26 Å². The number of amides is 1. The largest absolute Gasteiger partial charge is 0.275 e. The predicted octanol–water partition coefficient (Wildman–Crippen LogP) is 0.354. The summed E-state index contributed by atoms with van der Waals surface area (Å²) >= 11 is 1.20. The van der Waals surface area contributed by atoms with E-state index in [0.29, 0.717) is 4.88 Å². The first-order chi connectivity index (χ1) is 4.84. The summed E-state index contributed by atoms with van der Waals surface area (Å²) in [4.78, 5) is 14.9. The van der Waals surface area contributed by atoms with Crippen LogP contribution in [0.4, 0.5) is 0 Å². The van der Waals surface area contributed by atoms with E-state index in [2.05, 4.69) is 4.98 Å². The van der Waals surface area contributed by atoms with Gasteiger partial charge in [0.25, 0.3) is 5.91 Å². The topological polar surface area (TPSA) is 65.8 Å². The molecule has 0 fully saturated rings. The summed E-state index contributed by atoms with van der Waals surface area (Å²) in [5.74, 6) is -0.398. The molecule has 0 aliphatic heterocycles. The molecule has 0 aliphatic rings. The number of hydrogen-bond donors (Lipinski definition) is 1. The maximum absolute atomic E-state index is 10.7. The lowest BCUT2D eigenvalue weighted by molar-refractivity contribution is 0.0976. The van der Waals surface area contributed by atoms with Crippen molar-refractivity contribution in [3.05, 3.63) is 16.6 Å². The molecule has 0 aromatic carbocycles. The number of aromatic nitrogens is 1. The van der Waals surface area contributed by atoms with Crippen LogP contribution in [-0.4, -0.2) is 10.9 Å². The highest BCUT2D eigenvalue weighted by Gasteiger charge is 2.03. The van der Waals surface area contributed by atoms with Crippen LogP contribution in [0, 0.1) is 11.5 Å². The van der Waals surface area contributed by atoms with Gasteiger partial charge in [-0.25, -0.2) is 0 Å². The number of rotatable bonds is 1. The molecule has 0 aliphatic carbocycles. The Labute approximate surface area is 61.1 Å². The number of carbonyl (C=O) groups is 1. The summed E-state index contributed by atoms with van der Waals surface area (Å²) in [5.41, 5.74) is 1.53. The third-order valence-corrected chi connectivity index (χ3v) is 1.60. The van der Waals surface area contributed by atoms with Crippen LogP contribution in [-0.2, 0) is 0 Å². The zero-order valence-electron chi connectivity index (χ0n) is 4.87. The molecule has 1 amide bonds. The van der Waals surface area contributed by atoms with Crippen LogP contribution in [0.1, 0.15) is 9.67 Å². The first-order valence-electron chi connectivity index (χ1n) is 2.42. The third-order valence-electron chi connectivity index (χ3n) is 0.826. The summed E-state index contributed by atoms with van der Waals surface area (Å²) in [6.45, 7) is 0. The minimum absolute atomic E-state index is 0.398. The van der Waals surface area contributed by atoms with Crippen molar-refractivity contribution in [2.45, 2.75) is 0 Å². The van der Waals surface area contributed by atoms with Crippen molar-refractivity contribution in [1.29, 1.82) is 5.26 Å². The normalized spacial score (nSPS) is 8.30. The van der Waals surface area contributed by atoms with E-state index in [1.165, 1.54) is 29.2 Å². The van der Waals surface area contributed by atoms with Crippen molar-refractivity contribution in [1.82, 2.24) is 10.3 Å². The van der Waals surface area contributed by atoms with E-state index >= 15 is 0 Å². The molecule has 10 heavy (non-hydrogen) atoms. The molecule has 0 atom stereocenters. The van der Waals surface area contributed by atoms with E-state index in [1.54, 1.807) is 0 Å². The Morgan fingerprint density at radius 3 is 3.20 bits per heavy atom.